The van der Waals surface area contributed by atoms with Crippen LogP contribution in [-0.2, 0) is 10.0 Å². The molecule has 0 amide bonds. The first-order valence-electron chi connectivity index (χ1n) is 9.28. The average molecular weight is 392 g/mol. The summed E-state index contributed by atoms with van der Waals surface area (Å²) in [4.78, 5) is 1.51. The van der Waals surface area contributed by atoms with Crippen LogP contribution in [0.4, 0.5) is 0 Å². The van der Waals surface area contributed by atoms with E-state index in [-0.39, 0.29) is 6.04 Å². The van der Waals surface area contributed by atoms with Gasteiger partial charge in [0.1, 0.15) is 0 Å². The average Bonchev–Trinajstić information content (AvgIpc) is 2.64. The number of benzene rings is 2. The van der Waals surface area contributed by atoms with Gasteiger partial charge in [0, 0.05) is 16.7 Å². The van der Waals surface area contributed by atoms with Gasteiger partial charge in [-0.25, -0.2) is 13.1 Å². The number of rotatable bonds is 11. The van der Waals surface area contributed by atoms with E-state index in [2.05, 4.69) is 23.8 Å². The van der Waals surface area contributed by atoms with Crippen LogP contribution in [0.2, 0.25) is 0 Å². The Morgan fingerprint density at radius 3 is 2.31 bits per heavy atom. The molecule has 0 spiro atoms. The number of thioether (sulfide) groups is 1. The topological polar surface area (TPSA) is 46.2 Å². The highest BCUT2D eigenvalue weighted by molar-refractivity contribution is 7.99. The minimum absolute atomic E-state index is 0.0663. The highest BCUT2D eigenvalue weighted by Crippen LogP contribution is 2.21. The van der Waals surface area contributed by atoms with Crippen LogP contribution < -0.4 is 4.72 Å². The van der Waals surface area contributed by atoms with E-state index in [1.54, 1.807) is 23.9 Å². The third kappa shape index (κ3) is 7.14. The molecule has 0 aliphatic carbocycles. The number of aryl methyl sites for hydroxylation is 1. The minimum atomic E-state index is -3.49. The van der Waals surface area contributed by atoms with Gasteiger partial charge in [0.15, 0.2) is 0 Å². The molecule has 2 rings (SSSR count). The molecule has 0 fully saturated rings. The van der Waals surface area contributed by atoms with Gasteiger partial charge in [0.2, 0.25) is 10.0 Å². The van der Waals surface area contributed by atoms with E-state index in [1.807, 2.05) is 37.3 Å². The second-order valence-electron chi connectivity index (χ2n) is 6.60. The number of sulfonamides is 1. The predicted molar refractivity (Wildman–Crippen MR) is 111 cm³/mol. The van der Waals surface area contributed by atoms with Crippen molar-refractivity contribution in [3.8, 4) is 0 Å². The van der Waals surface area contributed by atoms with E-state index in [9.17, 15) is 8.42 Å². The fraction of sp³-hybridized carbons (Fsp3) is 0.429. The zero-order valence-electron chi connectivity index (χ0n) is 15.6. The van der Waals surface area contributed by atoms with E-state index < -0.39 is 10.0 Å². The van der Waals surface area contributed by atoms with Crippen molar-refractivity contribution in [2.24, 2.45) is 0 Å². The van der Waals surface area contributed by atoms with Crippen molar-refractivity contribution in [2.45, 2.75) is 61.8 Å². The fourth-order valence-corrected chi connectivity index (χ4v) is 5.08. The number of nitrogens with one attached hydrogen (secondary N) is 1. The molecule has 0 aliphatic rings. The Labute approximate surface area is 162 Å². The summed E-state index contributed by atoms with van der Waals surface area (Å²) in [5, 5.41) is 0. The second kappa shape index (κ2) is 10.8. The lowest BCUT2D eigenvalue weighted by Gasteiger charge is -2.19. The van der Waals surface area contributed by atoms with Gasteiger partial charge in [0.05, 0.1) is 4.90 Å². The van der Waals surface area contributed by atoms with Crippen LogP contribution in [0.5, 0.6) is 0 Å². The fourth-order valence-electron chi connectivity index (χ4n) is 2.71. The molecule has 142 valence electrons. The van der Waals surface area contributed by atoms with Crippen molar-refractivity contribution in [1.29, 1.82) is 0 Å². The molecule has 0 saturated heterocycles. The lowest BCUT2D eigenvalue weighted by molar-refractivity contribution is 0.525. The van der Waals surface area contributed by atoms with Gasteiger partial charge in [0.25, 0.3) is 0 Å². The van der Waals surface area contributed by atoms with Crippen LogP contribution in [0.3, 0.4) is 0 Å². The Kier molecular flexibility index (Phi) is 8.69. The molecular weight excluding hydrogens is 362 g/mol. The van der Waals surface area contributed by atoms with Gasteiger partial charge < -0.3 is 0 Å². The van der Waals surface area contributed by atoms with Gasteiger partial charge in [-0.3, -0.25) is 0 Å². The van der Waals surface area contributed by atoms with Gasteiger partial charge in [-0.2, -0.15) is 0 Å². The van der Waals surface area contributed by atoms with Crippen molar-refractivity contribution >= 4 is 21.8 Å². The molecule has 0 heterocycles. The van der Waals surface area contributed by atoms with Crippen molar-refractivity contribution in [3.63, 3.8) is 0 Å². The lowest BCUT2D eigenvalue weighted by Crippen LogP contribution is -2.36. The van der Waals surface area contributed by atoms with Crippen LogP contribution in [0.25, 0.3) is 0 Å². The molecule has 0 bridgehead atoms. The summed E-state index contributed by atoms with van der Waals surface area (Å²) in [7, 11) is -3.49. The zero-order valence-corrected chi connectivity index (χ0v) is 17.3. The Bertz CT molecular complexity index is 743. The maximum atomic E-state index is 12.7. The molecule has 26 heavy (non-hydrogen) atoms. The third-order valence-electron chi connectivity index (χ3n) is 4.25. The summed E-state index contributed by atoms with van der Waals surface area (Å²) < 4.78 is 28.4. The van der Waals surface area contributed by atoms with Crippen LogP contribution >= 0.6 is 11.8 Å². The first-order valence-corrected chi connectivity index (χ1v) is 11.7. The van der Waals surface area contributed by atoms with Gasteiger partial charge in [-0.1, -0.05) is 68.5 Å². The number of hydrogen-bond acceptors (Lipinski definition) is 3. The highest BCUT2D eigenvalue weighted by atomic mass is 32.2. The van der Waals surface area contributed by atoms with Gasteiger partial charge in [-0.15, -0.1) is 11.8 Å². The van der Waals surface area contributed by atoms with E-state index in [4.69, 9.17) is 0 Å². The number of hydrogen-bond donors (Lipinski definition) is 1. The van der Waals surface area contributed by atoms with E-state index in [0.717, 1.165) is 30.6 Å². The van der Waals surface area contributed by atoms with Crippen LogP contribution in [-0.4, -0.2) is 20.2 Å². The standard InChI is InChI=1S/C21H29NO2S2/c1-3-4-5-7-10-19(17-25-20-11-8-6-9-12-20)22-26(23,24)21-15-13-18(2)14-16-21/h6,8-9,11-16,19,22H,3-5,7,10,17H2,1-2H3. The molecule has 1 N–H and O–H groups in total. The summed E-state index contributed by atoms with van der Waals surface area (Å²) in [6.45, 7) is 4.14. The van der Waals surface area contributed by atoms with Crippen LogP contribution in [0.15, 0.2) is 64.4 Å². The maximum absolute atomic E-state index is 12.7. The molecule has 0 saturated carbocycles. The van der Waals surface area contributed by atoms with Crippen LogP contribution in [0, 0.1) is 6.92 Å². The summed E-state index contributed by atoms with van der Waals surface area (Å²) in [6.07, 6.45) is 5.44. The maximum Gasteiger partial charge on any atom is 0.240 e. The van der Waals surface area contributed by atoms with E-state index >= 15 is 0 Å². The number of unbranched alkanes of at least 4 members (excludes halogenated alkanes) is 3. The molecule has 0 aliphatic heterocycles. The van der Waals surface area contributed by atoms with Gasteiger partial charge in [-0.05, 0) is 37.6 Å². The Morgan fingerprint density at radius 1 is 0.962 bits per heavy atom. The predicted octanol–water partition coefficient (Wildman–Crippen LogP) is 5.40. The zero-order chi connectivity index (χ0) is 18.8. The monoisotopic (exact) mass is 391 g/mol. The minimum Gasteiger partial charge on any atom is -0.207 e. The smallest absolute Gasteiger partial charge is 0.207 e. The quantitative estimate of drug-likeness (QED) is 0.412. The lowest BCUT2D eigenvalue weighted by atomic mass is 10.1. The normalized spacial score (nSPS) is 12.8. The third-order valence-corrected chi connectivity index (χ3v) is 6.96. The van der Waals surface area contributed by atoms with Crippen molar-refractivity contribution in [3.05, 3.63) is 60.2 Å². The highest BCUT2D eigenvalue weighted by Gasteiger charge is 2.20. The molecule has 0 radical (unpaired) electrons. The second-order valence-corrected chi connectivity index (χ2v) is 9.41. The molecule has 2 aromatic carbocycles. The van der Waals surface area contributed by atoms with Crippen molar-refractivity contribution < 1.29 is 8.42 Å². The summed E-state index contributed by atoms with van der Waals surface area (Å²) in [5.74, 6) is 0.737. The molecule has 5 heteroatoms. The molecule has 3 nitrogen and oxygen atoms in total. The largest absolute Gasteiger partial charge is 0.240 e. The first-order chi connectivity index (χ1) is 12.5. The van der Waals surface area contributed by atoms with Crippen molar-refractivity contribution in [2.75, 3.05) is 5.75 Å². The van der Waals surface area contributed by atoms with E-state index in [1.165, 1.54) is 17.7 Å². The molecule has 1 atom stereocenters. The van der Waals surface area contributed by atoms with Gasteiger partial charge >= 0.3 is 0 Å². The van der Waals surface area contributed by atoms with Crippen molar-refractivity contribution in [1.82, 2.24) is 4.72 Å². The summed E-state index contributed by atoms with van der Waals surface area (Å²) >= 11 is 1.70. The molecule has 1 unspecified atom stereocenters. The first kappa shape index (κ1) is 21.0. The van der Waals surface area contributed by atoms with Crippen LogP contribution in [0.1, 0.15) is 44.6 Å². The Morgan fingerprint density at radius 2 is 1.65 bits per heavy atom. The Balaban J connectivity index is 2.02. The summed E-state index contributed by atoms with van der Waals surface area (Å²) in [5.41, 5.74) is 1.06. The summed E-state index contributed by atoms with van der Waals surface area (Å²) in [6, 6.07) is 17.1. The molecular formula is C21H29NO2S2. The molecule has 2 aromatic rings. The van der Waals surface area contributed by atoms with E-state index in [0.29, 0.717) is 4.90 Å². The SMILES string of the molecule is CCCCCCC(CSc1ccccc1)NS(=O)(=O)c1ccc(C)cc1. The molecule has 0 aromatic heterocycles. The Hall–Kier alpha value is -1.30.